The summed E-state index contributed by atoms with van der Waals surface area (Å²) in [6, 6.07) is 23.3. The Morgan fingerprint density at radius 3 is 2.29 bits per heavy atom. The van der Waals surface area contributed by atoms with E-state index in [1.54, 1.807) is 18.2 Å². The Morgan fingerprint density at radius 1 is 0.893 bits per heavy atom. The van der Waals surface area contributed by atoms with Crippen molar-refractivity contribution in [1.82, 2.24) is 0 Å². The molecule has 4 rings (SSSR count). The smallest absolute Gasteiger partial charge is 0.238 e. The summed E-state index contributed by atoms with van der Waals surface area (Å²) in [5, 5.41) is 7.34. The first-order chi connectivity index (χ1) is 13.4. The maximum absolute atomic E-state index is 11.4. The van der Waals surface area contributed by atoms with E-state index in [1.807, 2.05) is 48.5 Å². The molecule has 3 aromatic carbocycles. The third kappa shape index (κ3) is 3.84. The minimum Gasteiger partial charge on any atom is -0.456 e. The van der Waals surface area contributed by atoms with Crippen LogP contribution in [0.15, 0.2) is 88.2 Å². The van der Waals surface area contributed by atoms with Crippen LogP contribution >= 0.6 is 11.6 Å². The fourth-order valence-electron chi connectivity index (χ4n) is 2.89. The van der Waals surface area contributed by atoms with Gasteiger partial charge in [0.05, 0.1) is 16.3 Å². The van der Waals surface area contributed by atoms with E-state index in [0.29, 0.717) is 22.1 Å². The molecular formula is C21H16ClN2O3S+. The number of hydrogen-bond donors (Lipinski definition) is 2. The molecule has 1 heterocycles. The van der Waals surface area contributed by atoms with Crippen LogP contribution < -0.4 is 15.5 Å². The summed E-state index contributed by atoms with van der Waals surface area (Å²) in [5.41, 5.74) is 2.32. The summed E-state index contributed by atoms with van der Waals surface area (Å²) in [7, 11) is -3.74. The number of nitrogens with one attached hydrogen (secondary N) is 1. The number of benzene rings is 3. The van der Waals surface area contributed by atoms with Crippen LogP contribution in [0, 0.1) is 0 Å². The molecule has 4 aromatic rings. The standard InChI is InChI=1S/C21H15ClN2O3S/c22-15-6-11-20-18(12-15)19(13-21(27-20)14-4-2-1-3-5-14)24-16-7-9-17(10-8-16)28(23,25)26/h1-13H,(H2,23,25,26)/p+1. The molecule has 0 fully saturated rings. The lowest BCUT2D eigenvalue weighted by atomic mass is 10.1. The van der Waals surface area contributed by atoms with Crippen molar-refractivity contribution in [1.29, 1.82) is 0 Å². The molecule has 0 unspecified atom stereocenters. The molecular weight excluding hydrogens is 396 g/mol. The lowest BCUT2D eigenvalue weighted by Gasteiger charge is -2.03. The van der Waals surface area contributed by atoms with Gasteiger partial charge in [0.2, 0.25) is 21.1 Å². The van der Waals surface area contributed by atoms with Crippen LogP contribution in [-0.2, 0) is 10.0 Å². The number of primary sulfonamides is 1. The van der Waals surface area contributed by atoms with Crippen molar-refractivity contribution in [2.24, 2.45) is 5.14 Å². The van der Waals surface area contributed by atoms with Gasteiger partial charge in [-0.05, 0) is 30.3 Å². The van der Waals surface area contributed by atoms with Crippen molar-refractivity contribution in [3.63, 3.8) is 0 Å². The molecule has 7 heteroatoms. The van der Waals surface area contributed by atoms with Crippen LogP contribution in [0.1, 0.15) is 0 Å². The van der Waals surface area contributed by atoms with Gasteiger partial charge in [0.1, 0.15) is 11.3 Å². The van der Waals surface area contributed by atoms with Crippen molar-refractivity contribution >= 4 is 38.3 Å². The average Bonchev–Trinajstić information content (AvgIpc) is 2.68. The second-order valence-electron chi connectivity index (χ2n) is 6.23. The normalized spacial score (nSPS) is 12.4. The predicted octanol–water partition coefficient (Wildman–Crippen LogP) is 2.71. The zero-order chi connectivity index (χ0) is 19.7. The summed E-state index contributed by atoms with van der Waals surface area (Å²) in [4.78, 5) is 3.36. The second-order valence-corrected chi connectivity index (χ2v) is 8.22. The van der Waals surface area contributed by atoms with Gasteiger partial charge in [0.15, 0.2) is 0 Å². The highest BCUT2D eigenvalue weighted by molar-refractivity contribution is 7.89. The Kier molecular flexibility index (Phi) is 4.77. The summed E-state index contributed by atoms with van der Waals surface area (Å²) in [6.07, 6.45) is 0. The first-order valence-corrected chi connectivity index (χ1v) is 10.3. The predicted molar refractivity (Wildman–Crippen MR) is 108 cm³/mol. The van der Waals surface area contributed by atoms with Crippen molar-refractivity contribution in [2.45, 2.75) is 4.90 Å². The lowest BCUT2D eigenvalue weighted by Crippen LogP contribution is -2.70. The number of sulfonamides is 1. The average molecular weight is 412 g/mol. The van der Waals surface area contributed by atoms with Crippen LogP contribution in [0.5, 0.6) is 0 Å². The minimum atomic E-state index is -3.74. The zero-order valence-electron chi connectivity index (χ0n) is 14.6. The van der Waals surface area contributed by atoms with Crippen LogP contribution in [0.2, 0.25) is 5.02 Å². The maximum atomic E-state index is 11.4. The number of hydrogen-bond acceptors (Lipinski definition) is 3. The molecule has 1 aromatic heterocycles. The third-order valence-corrected chi connectivity index (χ3v) is 5.41. The van der Waals surface area contributed by atoms with Gasteiger partial charge in [0, 0.05) is 22.7 Å². The summed E-state index contributed by atoms with van der Waals surface area (Å²) in [5.74, 6) is 0.694. The molecule has 0 spiro atoms. The van der Waals surface area contributed by atoms with E-state index < -0.39 is 10.0 Å². The fourth-order valence-corrected chi connectivity index (χ4v) is 3.58. The minimum absolute atomic E-state index is 0.0546. The van der Waals surface area contributed by atoms with Crippen LogP contribution in [0.4, 0.5) is 5.69 Å². The Hall–Kier alpha value is -2.93. The summed E-state index contributed by atoms with van der Waals surface area (Å²) < 4.78 is 28.9. The van der Waals surface area contributed by atoms with E-state index in [-0.39, 0.29) is 4.90 Å². The SMILES string of the molecule is NS(=O)(=O)c1ccc([NH+]=c2cc(-c3ccccc3)oc3ccc(Cl)cc23)cc1. The molecule has 0 aliphatic heterocycles. The van der Waals surface area contributed by atoms with E-state index in [4.69, 9.17) is 21.2 Å². The van der Waals surface area contributed by atoms with Crippen molar-refractivity contribution in [3.8, 4) is 11.3 Å². The van der Waals surface area contributed by atoms with Gasteiger partial charge in [0.25, 0.3) is 0 Å². The van der Waals surface area contributed by atoms with E-state index in [1.165, 1.54) is 12.1 Å². The zero-order valence-corrected chi connectivity index (χ0v) is 16.2. The Labute approximate surface area is 166 Å². The number of nitrogens with two attached hydrogens (primary N) is 1. The van der Waals surface area contributed by atoms with Gasteiger partial charge in [-0.3, -0.25) is 0 Å². The molecule has 0 saturated heterocycles. The van der Waals surface area contributed by atoms with Gasteiger partial charge in [-0.15, -0.1) is 0 Å². The maximum Gasteiger partial charge on any atom is 0.238 e. The van der Waals surface area contributed by atoms with Crippen molar-refractivity contribution in [2.75, 3.05) is 0 Å². The first kappa shape index (κ1) is 18.4. The Balaban J connectivity index is 1.94. The highest BCUT2D eigenvalue weighted by Gasteiger charge is 2.11. The number of halogens is 1. The Morgan fingerprint density at radius 2 is 1.61 bits per heavy atom. The van der Waals surface area contributed by atoms with Crippen LogP contribution in [-0.4, -0.2) is 8.42 Å². The summed E-state index contributed by atoms with van der Waals surface area (Å²) in [6.45, 7) is 0. The number of fused-ring (bicyclic) bond motifs is 1. The van der Waals surface area contributed by atoms with Gasteiger partial charge in [-0.25, -0.2) is 18.5 Å². The number of rotatable bonds is 3. The second kappa shape index (κ2) is 7.24. The molecule has 5 nitrogen and oxygen atoms in total. The highest BCUT2D eigenvalue weighted by atomic mass is 35.5. The van der Waals surface area contributed by atoms with Gasteiger partial charge >= 0.3 is 0 Å². The molecule has 0 amide bonds. The molecule has 3 N–H and O–H groups in total. The molecule has 0 bridgehead atoms. The van der Waals surface area contributed by atoms with E-state index in [2.05, 4.69) is 4.99 Å². The van der Waals surface area contributed by atoms with Crippen LogP contribution in [0.3, 0.4) is 0 Å². The first-order valence-electron chi connectivity index (χ1n) is 8.42. The molecule has 0 saturated carbocycles. The summed E-state index contributed by atoms with van der Waals surface area (Å²) >= 11 is 6.17. The largest absolute Gasteiger partial charge is 0.456 e. The fraction of sp³-hybridized carbons (Fsp3) is 0. The third-order valence-electron chi connectivity index (χ3n) is 4.25. The molecule has 140 valence electrons. The molecule has 0 aliphatic carbocycles. The van der Waals surface area contributed by atoms with Crippen LogP contribution in [0.25, 0.3) is 22.3 Å². The van der Waals surface area contributed by atoms with Gasteiger partial charge < -0.3 is 4.42 Å². The molecule has 28 heavy (non-hydrogen) atoms. The highest BCUT2D eigenvalue weighted by Crippen LogP contribution is 2.23. The molecule has 0 atom stereocenters. The monoisotopic (exact) mass is 411 g/mol. The van der Waals surface area contributed by atoms with Crippen molar-refractivity contribution in [3.05, 3.63) is 89.2 Å². The topological polar surface area (TPSA) is 87.3 Å². The molecule has 0 aliphatic rings. The van der Waals surface area contributed by atoms with E-state index in [0.717, 1.165) is 16.3 Å². The van der Waals surface area contributed by atoms with E-state index >= 15 is 0 Å². The molecule has 0 radical (unpaired) electrons. The van der Waals surface area contributed by atoms with Crippen molar-refractivity contribution < 1.29 is 17.8 Å². The van der Waals surface area contributed by atoms with Gasteiger partial charge in [-0.1, -0.05) is 41.9 Å². The van der Waals surface area contributed by atoms with E-state index in [9.17, 15) is 8.42 Å². The van der Waals surface area contributed by atoms with Gasteiger partial charge in [-0.2, -0.15) is 0 Å². The Bertz CT molecular complexity index is 1330. The quantitative estimate of drug-likeness (QED) is 0.543. The lowest BCUT2D eigenvalue weighted by molar-refractivity contribution is -0.400.